The molecule has 0 bridgehead atoms. The van der Waals surface area contributed by atoms with E-state index < -0.39 is 24.1 Å². The van der Waals surface area contributed by atoms with Gasteiger partial charge in [0.15, 0.2) is 6.10 Å². The number of nitrogens with zero attached hydrogens (tertiary/aromatic N) is 1. The lowest BCUT2D eigenvalue weighted by Crippen LogP contribution is -2.55. The van der Waals surface area contributed by atoms with Crippen LogP contribution in [-0.2, 0) is 28.6 Å². The van der Waals surface area contributed by atoms with Crippen LogP contribution in [0.3, 0.4) is 0 Å². The van der Waals surface area contributed by atoms with Crippen molar-refractivity contribution in [1.82, 2.24) is 0 Å². The summed E-state index contributed by atoms with van der Waals surface area (Å²) in [7, 11) is 5.33. The van der Waals surface area contributed by atoms with Gasteiger partial charge >= 0.3 is 11.9 Å². The van der Waals surface area contributed by atoms with Crippen molar-refractivity contribution in [3.63, 3.8) is 0 Å². The fraction of sp³-hybridized carbons (Fsp3) is 0.618. The lowest BCUT2D eigenvalue weighted by Gasteiger charge is -2.34. The molecule has 238 valence electrons. The largest absolute Gasteiger partial charge is 0.544 e. The van der Waals surface area contributed by atoms with E-state index in [1.54, 1.807) is 21.1 Å². The van der Waals surface area contributed by atoms with E-state index in [1.807, 2.05) is 12.2 Å². The van der Waals surface area contributed by atoms with E-state index in [9.17, 15) is 19.5 Å². The van der Waals surface area contributed by atoms with Gasteiger partial charge < -0.3 is 28.6 Å². The van der Waals surface area contributed by atoms with E-state index in [2.05, 4.69) is 62.5 Å². The highest BCUT2D eigenvalue weighted by Gasteiger charge is 2.25. The Labute approximate surface area is 254 Å². The quantitative estimate of drug-likeness (QED) is 0.0609. The molecule has 0 radical (unpaired) electrons. The van der Waals surface area contributed by atoms with Gasteiger partial charge in [-0.1, -0.05) is 74.6 Å². The van der Waals surface area contributed by atoms with Gasteiger partial charge in [-0.05, 0) is 51.4 Å². The Morgan fingerprint density at radius 1 is 0.714 bits per heavy atom. The Kier molecular flexibility index (Phi) is 23.9. The standard InChI is InChI=1S/C34H55NO7/c1-6-8-10-12-14-15-16-17-19-20-22-24-32(36)41-29-30(28-40-27-26-31(34(38)39)35(3,4)5)42-33(37)25-23-21-18-13-11-9-7-2/h8-11,14-15,17-19,21,30-31H,6-7,12-13,16,20,22-29H2,1-5H3/b10-8+,11-9+,15-14+,19-17+,21-18+. The van der Waals surface area contributed by atoms with E-state index in [1.165, 1.54) is 0 Å². The van der Waals surface area contributed by atoms with Crippen LogP contribution in [0.5, 0.6) is 0 Å². The lowest BCUT2D eigenvalue weighted by atomic mass is 10.1. The SMILES string of the molecule is CC/C=C/C/C=C/C/C=C/CCCC(=O)OCC(COCCC(C(=O)[O-])[N+](C)(C)C)OC(=O)CC/C=C/C/C=C/CC. The molecule has 2 unspecified atom stereocenters. The van der Waals surface area contributed by atoms with Gasteiger partial charge in [-0.3, -0.25) is 9.59 Å². The summed E-state index contributed by atoms with van der Waals surface area (Å²) in [5.74, 6) is -1.92. The second kappa shape index (κ2) is 25.7. The first-order valence-corrected chi connectivity index (χ1v) is 15.3. The predicted octanol–water partition coefficient (Wildman–Crippen LogP) is 5.39. The van der Waals surface area contributed by atoms with Crippen LogP contribution in [0.1, 0.15) is 84.5 Å². The third kappa shape index (κ3) is 23.7. The number of hydrogen-bond acceptors (Lipinski definition) is 7. The predicted molar refractivity (Wildman–Crippen MR) is 166 cm³/mol. The third-order valence-electron chi connectivity index (χ3n) is 6.16. The van der Waals surface area contributed by atoms with Crippen LogP contribution in [0.4, 0.5) is 0 Å². The number of hydrogen-bond donors (Lipinski definition) is 0. The number of carbonyl (C=O) groups excluding carboxylic acids is 3. The van der Waals surface area contributed by atoms with Crippen molar-refractivity contribution in [1.29, 1.82) is 0 Å². The smallest absolute Gasteiger partial charge is 0.306 e. The number of unbranched alkanes of at least 4 members (excludes halogenated alkanes) is 1. The Balaban J connectivity index is 4.66. The Hall–Kier alpha value is -2.97. The van der Waals surface area contributed by atoms with E-state index in [4.69, 9.17) is 14.2 Å². The Morgan fingerprint density at radius 3 is 1.81 bits per heavy atom. The van der Waals surface area contributed by atoms with Crippen LogP contribution < -0.4 is 5.11 Å². The molecule has 0 spiro atoms. The fourth-order valence-corrected chi connectivity index (χ4v) is 3.80. The van der Waals surface area contributed by atoms with Gasteiger partial charge in [0.2, 0.25) is 0 Å². The molecule has 0 aliphatic carbocycles. The van der Waals surface area contributed by atoms with Crippen LogP contribution in [0, 0.1) is 0 Å². The van der Waals surface area contributed by atoms with Crippen LogP contribution in [0.2, 0.25) is 0 Å². The Morgan fingerprint density at radius 2 is 1.26 bits per heavy atom. The first-order chi connectivity index (χ1) is 20.1. The van der Waals surface area contributed by atoms with Gasteiger partial charge in [0.1, 0.15) is 12.6 Å². The first-order valence-electron chi connectivity index (χ1n) is 15.3. The van der Waals surface area contributed by atoms with E-state index in [-0.39, 0.29) is 49.5 Å². The molecule has 42 heavy (non-hydrogen) atoms. The monoisotopic (exact) mass is 589 g/mol. The number of quaternary nitrogens is 1. The minimum atomic E-state index is -1.15. The highest BCUT2D eigenvalue weighted by Crippen LogP contribution is 2.09. The number of aliphatic carboxylic acids is 1. The molecule has 0 aromatic carbocycles. The van der Waals surface area contributed by atoms with Crippen molar-refractivity contribution in [2.75, 3.05) is 41.0 Å². The maximum Gasteiger partial charge on any atom is 0.306 e. The molecule has 0 saturated heterocycles. The van der Waals surface area contributed by atoms with Gasteiger partial charge in [-0.2, -0.15) is 0 Å². The number of likely N-dealkylation sites (N-methyl/N-ethyl adjacent to an activating group) is 1. The van der Waals surface area contributed by atoms with Crippen molar-refractivity contribution >= 4 is 17.9 Å². The number of esters is 2. The van der Waals surface area contributed by atoms with Gasteiger partial charge in [-0.25, -0.2) is 0 Å². The molecule has 0 aliphatic rings. The summed E-state index contributed by atoms with van der Waals surface area (Å²) in [4.78, 5) is 36.2. The fourth-order valence-electron chi connectivity index (χ4n) is 3.80. The number of ether oxygens (including phenoxy) is 3. The molecule has 0 fully saturated rings. The maximum atomic E-state index is 12.4. The normalized spacial score (nSPS) is 14.0. The number of carboxylic acids is 1. The molecule has 0 aliphatic heterocycles. The van der Waals surface area contributed by atoms with E-state index in [0.717, 1.165) is 38.5 Å². The van der Waals surface area contributed by atoms with Crippen LogP contribution in [0.25, 0.3) is 0 Å². The molecule has 8 heteroatoms. The first kappa shape index (κ1) is 39.0. The van der Waals surface area contributed by atoms with Crippen molar-refractivity contribution in [3.05, 3.63) is 60.8 Å². The molecule has 0 amide bonds. The van der Waals surface area contributed by atoms with Crippen LogP contribution in [-0.4, -0.2) is 75.5 Å². The highest BCUT2D eigenvalue weighted by atomic mass is 16.6. The summed E-state index contributed by atoms with van der Waals surface area (Å²) in [6.45, 7) is 4.21. The zero-order chi connectivity index (χ0) is 31.5. The third-order valence-corrected chi connectivity index (χ3v) is 6.16. The number of carbonyl (C=O) groups is 3. The molecule has 8 nitrogen and oxygen atoms in total. The minimum absolute atomic E-state index is 0.00191. The van der Waals surface area contributed by atoms with Gasteiger partial charge in [0, 0.05) is 19.3 Å². The zero-order valence-corrected chi connectivity index (χ0v) is 26.6. The number of rotatable bonds is 25. The number of carboxylic acid groups (broad SMARTS) is 1. The van der Waals surface area contributed by atoms with Crippen molar-refractivity contribution in [2.24, 2.45) is 0 Å². The van der Waals surface area contributed by atoms with E-state index >= 15 is 0 Å². The summed E-state index contributed by atoms with van der Waals surface area (Å²) >= 11 is 0. The summed E-state index contributed by atoms with van der Waals surface area (Å²) in [5.41, 5.74) is 0. The zero-order valence-electron chi connectivity index (χ0n) is 26.6. The summed E-state index contributed by atoms with van der Waals surface area (Å²) in [6.07, 6.45) is 27.4. The molecule has 0 rings (SSSR count). The molecule has 0 aromatic heterocycles. The average molecular weight is 590 g/mol. The molecule has 2 atom stereocenters. The van der Waals surface area contributed by atoms with Crippen molar-refractivity contribution in [3.8, 4) is 0 Å². The summed E-state index contributed by atoms with van der Waals surface area (Å²) in [6, 6.07) is -0.740. The molecular formula is C34H55NO7. The molecule has 0 heterocycles. The maximum absolute atomic E-state index is 12.4. The van der Waals surface area contributed by atoms with Crippen LogP contribution >= 0.6 is 0 Å². The van der Waals surface area contributed by atoms with Crippen LogP contribution in [0.15, 0.2) is 60.8 Å². The summed E-state index contributed by atoms with van der Waals surface area (Å²) < 4.78 is 16.8. The van der Waals surface area contributed by atoms with Gasteiger partial charge in [-0.15, -0.1) is 0 Å². The second-order valence-corrected chi connectivity index (χ2v) is 10.9. The minimum Gasteiger partial charge on any atom is -0.544 e. The molecular weight excluding hydrogens is 534 g/mol. The number of allylic oxidation sites excluding steroid dienone is 10. The molecule has 0 saturated carbocycles. The molecule has 0 aromatic rings. The summed E-state index contributed by atoms with van der Waals surface area (Å²) in [5, 5.41) is 11.5. The van der Waals surface area contributed by atoms with Crippen molar-refractivity contribution < 1.29 is 38.2 Å². The highest BCUT2D eigenvalue weighted by molar-refractivity contribution is 5.70. The van der Waals surface area contributed by atoms with Gasteiger partial charge in [0.25, 0.3) is 0 Å². The lowest BCUT2D eigenvalue weighted by molar-refractivity contribution is -0.889. The van der Waals surface area contributed by atoms with E-state index in [0.29, 0.717) is 12.8 Å². The average Bonchev–Trinajstić information content (AvgIpc) is 2.92. The van der Waals surface area contributed by atoms with Crippen molar-refractivity contribution in [2.45, 2.75) is 96.6 Å². The molecule has 0 N–H and O–H groups in total. The Bertz CT molecular complexity index is 881. The topological polar surface area (TPSA) is 102 Å². The second-order valence-electron chi connectivity index (χ2n) is 10.9. The van der Waals surface area contributed by atoms with Gasteiger partial charge in [0.05, 0.1) is 40.3 Å².